The van der Waals surface area contributed by atoms with Gasteiger partial charge in [0.2, 0.25) is 0 Å². The van der Waals surface area contributed by atoms with Crippen molar-refractivity contribution in [3.8, 4) is 5.82 Å². The molecule has 0 aliphatic rings. The third-order valence-electron chi connectivity index (χ3n) is 4.81. The number of rotatable bonds is 6. The van der Waals surface area contributed by atoms with Crippen LogP contribution in [-0.2, 0) is 10.0 Å². The number of sulfonamides is 1. The number of anilines is 2. The second-order valence-electron chi connectivity index (χ2n) is 6.92. The Labute approximate surface area is 194 Å². The minimum absolute atomic E-state index is 0.0241. The molecule has 0 unspecified atom stereocenters. The van der Waals surface area contributed by atoms with Gasteiger partial charge in [-0.15, -0.1) is 0 Å². The number of carbonyl (C=O) groups excluding carboxylic acids is 1. The molecule has 8 nitrogen and oxygen atoms in total. The van der Waals surface area contributed by atoms with Gasteiger partial charge in [0.25, 0.3) is 15.9 Å². The second kappa shape index (κ2) is 9.00. The molecule has 0 saturated heterocycles. The number of imidazole rings is 1. The lowest BCUT2D eigenvalue weighted by molar-refractivity contribution is 0.102. The van der Waals surface area contributed by atoms with Gasteiger partial charge in [-0.2, -0.15) is 0 Å². The van der Waals surface area contributed by atoms with Crippen molar-refractivity contribution < 1.29 is 17.6 Å². The summed E-state index contributed by atoms with van der Waals surface area (Å²) in [5, 5.41) is 2.74. The van der Waals surface area contributed by atoms with E-state index in [0.717, 1.165) is 16.4 Å². The van der Waals surface area contributed by atoms with E-state index >= 15 is 0 Å². The van der Waals surface area contributed by atoms with Gasteiger partial charge in [-0.25, -0.2) is 22.8 Å². The molecule has 0 atom stereocenters. The highest BCUT2D eigenvalue weighted by Crippen LogP contribution is 2.26. The minimum Gasteiger partial charge on any atom is -0.321 e. The number of carbonyl (C=O) groups is 1. The Kier molecular flexibility index (Phi) is 6.12. The van der Waals surface area contributed by atoms with E-state index < -0.39 is 21.7 Å². The summed E-state index contributed by atoms with van der Waals surface area (Å²) in [6, 6.07) is 12.2. The van der Waals surface area contributed by atoms with Gasteiger partial charge in [0.1, 0.15) is 18.0 Å². The van der Waals surface area contributed by atoms with Crippen LogP contribution < -0.4 is 9.62 Å². The molecule has 1 amide bonds. The fraction of sp³-hybridized carbons (Fsp3) is 0.0455. The molecule has 0 fully saturated rings. The lowest BCUT2D eigenvalue weighted by Crippen LogP contribution is -2.27. The first-order chi connectivity index (χ1) is 15.8. The van der Waals surface area contributed by atoms with Gasteiger partial charge in [-0.3, -0.25) is 13.7 Å². The zero-order chi connectivity index (χ0) is 23.6. The summed E-state index contributed by atoms with van der Waals surface area (Å²) in [5.74, 6) is -0.471. The molecule has 0 radical (unpaired) electrons. The van der Waals surface area contributed by atoms with E-state index in [4.69, 9.17) is 11.6 Å². The summed E-state index contributed by atoms with van der Waals surface area (Å²) < 4.78 is 42.0. The van der Waals surface area contributed by atoms with Gasteiger partial charge in [-0.1, -0.05) is 11.6 Å². The van der Waals surface area contributed by atoms with Gasteiger partial charge in [0, 0.05) is 19.4 Å². The van der Waals surface area contributed by atoms with E-state index in [2.05, 4.69) is 15.3 Å². The lowest BCUT2D eigenvalue weighted by Gasteiger charge is -2.20. The van der Waals surface area contributed by atoms with Crippen molar-refractivity contribution in [1.29, 1.82) is 0 Å². The Morgan fingerprint density at radius 2 is 1.88 bits per heavy atom. The van der Waals surface area contributed by atoms with Crippen LogP contribution >= 0.6 is 11.6 Å². The predicted octanol–water partition coefficient (Wildman–Crippen LogP) is 4.14. The summed E-state index contributed by atoms with van der Waals surface area (Å²) in [6.07, 6.45) is 6.41. The Morgan fingerprint density at radius 1 is 1.12 bits per heavy atom. The van der Waals surface area contributed by atoms with E-state index in [9.17, 15) is 17.6 Å². The maximum atomic E-state index is 13.2. The Balaban J connectivity index is 1.57. The maximum Gasteiger partial charge on any atom is 0.264 e. The summed E-state index contributed by atoms with van der Waals surface area (Å²) in [4.78, 5) is 20.9. The van der Waals surface area contributed by atoms with Crippen LogP contribution in [0.15, 0.2) is 84.4 Å². The fourth-order valence-electron chi connectivity index (χ4n) is 2.99. The van der Waals surface area contributed by atoms with Crippen LogP contribution in [0.25, 0.3) is 5.82 Å². The normalized spacial score (nSPS) is 11.2. The third kappa shape index (κ3) is 4.71. The van der Waals surface area contributed by atoms with E-state index in [1.165, 1.54) is 43.6 Å². The van der Waals surface area contributed by atoms with Crippen molar-refractivity contribution >= 4 is 38.9 Å². The average molecular weight is 486 g/mol. The molecular formula is C22H17ClFN5O3S. The Bertz CT molecular complexity index is 1390. The van der Waals surface area contributed by atoms with Crippen LogP contribution in [-0.4, -0.2) is 35.9 Å². The molecule has 2 aromatic heterocycles. The number of nitrogens with one attached hydrogen (secondary N) is 1. The summed E-state index contributed by atoms with van der Waals surface area (Å²) >= 11 is 6.18. The van der Waals surface area contributed by atoms with Crippen molar-refractivity contribution in [1.82, 2.24) is 14.5 Å². The molecule has 0 spiro atoms. The fourth-order valence-corrected chi connectivity index (χ4v) is 4.42. The Hall–Kier alpha value is -3.76. The largest absolute Gasteiger partial charge is 0.321 e. The van der Waals surface area contributed by atoms with Gasteiger partial charge >= 0.3 is 0 Å². The van der Waals surface area contributed by atoms with E-state index in [1.807, 2.05) is 0 Å². The molecule has 2 heterocycles. The number of pyridine rings is 1. The SMILES string of the molecule is CN(c1ccc(F)cc1)S(=O)(=O)c1ccc(Cl)c(C(=O)Nc2ccc(-n3ccnc3)nc2)c1. The molecule has 0 bridgehead atoms. The molecule has 0 aliphatic carbocycles. The highest BCUT2D eigenvalue weighted by molar-refractivity contribution is 7.92. The van der Waals surface area contributed by atoms with Crippen LogP contribution in [0.4, 0.5) is 15.8 Å². The number of amides is 1. The first-order valence-electron chi connectivity index (χ1n) is 9.55. The zero-order valence-electron chi connectivity index (χ0n) is 17.2. The molecular weight excluding hydrogens is 469 g/mol. The summed E-state index contributed by atoms with van der Waals surface area (Å²) in [6.45, 7) is 0. The standard InChI is InChI=1S/C22H17ClFN5O3S/c1-28(17-5-2-15(24)3-6-17)33(31,32)18-7-8-20(23)19(12-18)22(30)27-16-4-9-21(26-13-16)29-11-10-25-14-29/h2-14H,1H3,(H,27,30). The zero-order valence-corrected chi connectivity index (χ0v) is 18.8. The summed E-state index contributed by atoms with van der Waals surface area (Å²) in [7, 11) is -2.69. The quantitative estimate of drug-likeness (QED) is 0.442. The van der Waals surface area contributed by atoms with Gasteiger partial charge < -0.3 is 5.32 Å². The number of hydrogen-bond acceptors (Lipinski definition) is 5. The van der Waals surface area contributed by atoms with Gasteiger partial charge in [-0.05, 0) is 54.6 Å². The van der Waals surface area contributed by atoms with Crippen LogP contribution in [0.2, 0.25) is 5.02 Å². The van der Waals surface area contributed by atoms with Crippen molar-refractivity contribution in [3.63, 3.8) is 0 Å². The first kappa shape index (κ1) is 22.4. The van der Waals surface area contributed by atoms with Crippen molar-refractivity contribution in [3.05, 3.63) is 95.9 Å². The molecule has 168 valence electrons. The van der Waals surface area contributed by atoms with Crippen LogP contribution in [0.1, 0.15) is 10.4 Å². The van der Waals surface area contributed by atoms with Crippen LogP contribution in [0, 0.1) is 5.82 Å². The van der Waals surface area contributed by atoms with Crippen molar-refractivity contribution in [2.75, 3.05) is 16.7 Å². The molecule has 4 aromatic rings. The van der Waals surface area contributed by atoms with Gasteiger partial charge in [0.05, 0.1) is 33.1 Å². The molecule has 0 saturated carbocycles. The number of nitrogens with zero attached hydrogens (tertiary/aromatic N) is 4. The highest BCUT2D eigenvalue weighted by atomic mass is 35.5. The monoisotopic (exact) mass is 485 g/mol. The van der Waals surface area contributed by atoms with Crippen LogP contribution in [0.5, 0.6) is 0 Å². The first-order valence-corrected chi connectivity index (χ1v) is 11.4. The maximum absolute atomic E-state index is 13.2. The van der Waals surface area contributed by atoms with E-state index in [1.54, 1.807) is 35.4 Å². The number of halogens is 2. The molecule has 2 aromatic carbocycles. The summed E-state index contributed by atoms with van der Waals surface area (Å²) in [5.41, 5.74) is 0.641. The van der Waals surface area contributed by atoms with E-state index in [-0.39, 0.29) is 21.2 Å². The minimum atomic E-state index is -4.03. The third-order valence-corrected chi connectivity index (χ3v) is 6.92. The predicted molar refractivity (Wildman–Crippen MR) is 123 cm³/mol. The number of aromatic nitrogens is 3. The van der Waals surface area contributed by atoms with Gasteiger partial charge in [0.15, 0.2) is 0 Å². The number of hydrogen-bond donors (Lipinski definition) is 1. The molecule has 1 N–H and O–H groups in total. The topological polar surface area (TPSA) is 97.2 Å². The molecule has 11 heteroatoms. The molecule has 4 rings (SSSR count). The smallest absolute Gasteiger partial charge is 0.264 e. The van der Waals surface area contributed by atoms with Crippen molar-refractivity contribution in [2.45, 2.75) is 4.90 Å². The second-order valence-corrected chi connectivity index (χ2v) is 9.30. The average Bonchev–Trinajstić information content (AvgIpc) is 3.35. The number of benzene rings is 2. The molecule has 0 aliphatic heterocycles. The Morgan fingerprint density at radius 3 is 2.52 bits per heavy atom. The van der Waals surface area contributed by atoms with Crippen molar-refractivity contribution in [2.24, 2.45) is 0 Å². The van der Waals surface area contributed by atoms with E-state index in [0.29, 0.717) is 11.5 Å². The highest BCUT2D eigenvalue weighted by Gasteiger charge is 2.24. The lowest BCUT2D eigenvalue weighted by atomic mass is 10.2. The molecule has 33 heavy (non-hydrogen) atoms. The van der Waals surface area contributed by atoms with Crippen LogP contribution in [0.3, 0.4) is 0 Å².